The Balaban J connectivity index is 0.00000225. The summed E-state index contributed by atoms with van der Waals surface area (Å²) >= 11 is 0. The van der Waals surface area contributed by atoms with Crippen LogP contribution in [0.3, 0.4) is 0 Å². The van der Waals surface area contributed by atoms with Crippen molar-refractivity contribution in [2.24, 2.45) is 0 Å². The molecule has 0 unspecified atom stereocenters. The van der Waals surface area contributed by atoms with Gasteiger partial charge in [0.2, 0.25) is 0 Å². The molecule has 0 fully saturated rings. The fourth-order valence-electron chi connectivity index (χ4n) is 1.56. The average molecular weight is 212 g/mol. The molecule has 86 valence electrons. The van der Waals surface area contributed by atoms with Crippen molar-refractivity contribution in [3.8, 4) is 0 Å². The summed E-state index contributed by atoms with van der Waals surface area (Å²) in [6.45, 7) is 2.89. The van der Waals surface area contributed by atoms with Crippen LogP contribution in [0.15, 0.2) is 9.59 Å². The molecule has 0 spiro atoms. The van der Waals surface area contributed by atoms with Crippen LogP contribution in [0.2, 0.25) is 0 Å². The van der Waals surface area contributed by atoms with Gasteiger partial charge < -0.3 is 10.2 Å². The second-order valence-corrected chi connectivity index (χ2v) is 3.91. The van der Waals surface area contributed by atoms with Crippen LogP contribution in [0.1, 0.15) is 27.6 Å². The number of hydrogen-bond donors (Lipinski definition) is 1. The molecule has 0 radical (unpaired) electrons. The molecule has 0 aliphatic carbocycles. The predicted octanol–water partition coefficient (Wildman–Crippen LogP) is 1.20. The van der Waals surface area contributed by atoms with E-state index in [9.17, 15) is 9.59 Å². The quantitative estimate of drug-likeness (QED) is 0.568. The van der Waals surface area contributed by atoms with Crippen LogP contribution in [-0.2, 0) is 0 Å². The Labute approximate surface area is 91.1 Å². The van der Waals surface area contributed by atoms with Crippen LogP contribution in [0, 0.1) is 0 Å². The molecule has 0 heterocycles. The third-order valence-electron chi connectivity index (χ3n) is 2.41. The van der Waals surface area contributed by atoms with Gasteiger partial charge in [0.25, 0.3) is 10.9 Å². The lowest BCUT2D eigenvalue weighted by Crippen LogP contribution is -2.40. The Bertz CT molecular complexity index is 395. The minimum Gasteiger partial charge on any atom is -0.380 e. The molecule has 0 saturated carbocycles. The summed E-state index contributed by atoms with van der Waals surface area (Å²) in [6.07, 6.45) is 3.32. The summed E-state index contributed by atoms with van der Waals surface area (Å²) in [4.78, 5) is 24.1. The topological polar surface area (TPSA) is 49.4 Å². The third-order valence-corrected chi connectivity index (χ3v) is 2.41. The summed E-state index contributed by atoms with van der Waals surface area (Å²) in [5, 5.41) is 3.03. The van der Waals surface area contributed by atoms with Crippen LogP contribution >= 0.6 is 0 Å². The van der Waals surface area contributed by atoms with E-state index in [-0.39, 0.29) is 12.3 Å². The van der Waals surface area contributed by atoms with Crippen LogP contribution in [0.5, 0.6) is 0 Å². The minimum atomic E-state index is -0.379. The summed E-state index contributed by atoms with van der Waals surface area (Å²) in [5.41, 5.74) is 0.241. The van der Waals surface area contributed by atoms with Crippen molar-refractivity contribution in [3.05, 3.63) is 20.4 Å². The molecule has 1 aromatic carbocycles. The number of hydrogen-bond acceptors (Lipinski definition) is 4. The molecule has 0 aliphatic heterocycles. The van der Waals surface area contributed by atoms with Gasteiger partial charge in [0.1, 0.15) is 11.4 Å². The molecule has 4 heteroatoms. The van der Waals surface area contributed by atoms with E-state index in [4.69, 9.17) is 0 Å². The van der Waals surface area contributed by atoms with Crippen molar-refractivity contribution >= 4 is 11.4 Å². The van der Waals surface area contributed by atoms with Gasteiger partial charge in [0.05, 0.1) is 0 Å². The second kappa shape index (κ2) is 4.96. The van der Waals surface area contributed by atoms with E-state index in [1.54, 1.807) is 19.0 Å². The second-order valence-electron chi connectivity index (χ2n) is 3.91. The number of nitrogens with zero attached hydrogens (tertiary/aromatic N) is 1. The van der Waals surface area contributed by atoms with E-state index >= 15 is 0 Å². The molecular formula is C11H20N2O2. The maximum Gasteiger partial charge on any atom is 0.253 e. The van der Waals surface area contributed by atoms with Gasteiger partial charge in [-0.3, -0.25) is 9.59 Å². The molecule has 1 N–H and O–H groups in total. The SMILES string of the molecule is CCCCCNc1c(N(C)C)c(=O)c1=O.[HH]. The van der Waals surface area contributed by atoms with Gasteiger partial charge in [-0.1, -0.05) is 19.8 Å². The molecule has 1 rings (SSSR count). The van der Waals surface area contributed by atoms with Crippen molar-refractivity contribution in [2.45, 2.75) is 26.2 Å². The summed E-state index contributed by atoms with van der Waals surface area (Å²) in [7, 11) is 3.54. The average Bonchev–Trinajstić information content (AvgIpc) is 2.20. The predicted molar refractivity (Wildman–Crippen MR) is 65.8 cm³/mol. The van der Waals surface area contributed by atoms with E-state index in [0.717, 1.165) is 25.8 Å². The Morgan fingerprint density at radius 1 is 1.20 bits per heavy atom. The summed E-state index contributed by atoms with van der Waals surface area (Å²) in [5.74, 6) is 0. The molecular weight excluding hydrogens is 192 g/mol. The van der Waals surface area contributed by atoms with E-state index < -0.39 is 0 Å². The van der Waals surface area contributed by atoms with Crippen molar-refractivity contribution in [1.82, 2.24) is 0 Å². The summed E-state index contributed by atoms with van der Waals surface area (Å²) < 4.78 is 0. The molecule has 0 aliphatic rings. The van der Waals surface area contributed by atoms with Crippen molar-refractivity contribution in [3.63, 3.8) is 0 Å². The first kappa shape index (κ1) is 11.8. The van der Waals surface area contributed by atoms with E-state index in [0.29, 0.717) is 11.4 Å². The zero-order chi connectivity index (χ0) is 11.4. The third kappa shape index (κ3) is 2.37. The molecule has 4 nitrogen and oxygen atoms in total. The Morgan fingerprint density at radius 2 is 1.87 bits per heavy atom. The van der Waals surface area contributed by atoms with Gasteiger partial charge in [-0.05, 0) is 6.42 Å². The van der Waals surface area contributed by atoms with Crippen LogP contribution in [0.4, 0.5) is 11.4 Å². The Morgan fingerprint density at radius 3 is 2.40 bits per heavy atom. The lowest BCUT2D eigenvalue weighted by atomic mass is 10.1. The van der Waals surface area contributed by atoms with Gasteiger partial charge in [0, 0.05) is 22.1 Å². The molecule has 0 saturated heterocycles. The van der Waals surface area contributed by atoms with Gasteiger partial charge >= 0.3 is 0 Å². The lowest BCUT2D eigenvalue weighted by molar-refractivity contribution is 0.743. The molecule has 1 aromatic rings. The van der Waals surface area contributed by atoms with Gasteiger partial charge in [-0.25, -0.2) is 0 Å². The van der Waals surface area contributed by atoms with Crippen molar-refractivity contribution in [2.75, 3.05) is 30.9 Å². The zero-order valence-corrected chi connectivity index (χ0v) is 9.59. The summed E-state index contributed by atoms with van der Waals surface area (Å²) in [6, 6.07) is 0. The van der Waals surface area contributed by atoms with E-state index in [1.807, 2.05) is 0 Å². The van der Waals surface area contributed by atoms with E-state index in [1.165, 1.54) is 0 Å². The Hall–Kier alpha value is -1.32. The first-order valence-electron chi connectivity index (χ1n) is 5.34. The smallest absolute Gasteiger partial charge is 0.253 e. The van der Waals surface area contributed by atoms with Gasteiger partial charge in [-0.2, -0.15) is 0 Å². The standard InChI is InChI=1S/C11H18N2O2.H2/c1-4-5-6-7-12-8-9(13(2)3)11(15)10(8)14;/h12H,4-7H2,1-3H3;1H. The van der Waals surface area contributed by atoms with Gasteiger partial charge in [0.15, 0.2) is 0 Å². The maximum atomic E-state index is 11.2. The van der Waals surface area contributed by atoms with Gasteiger partial charge in [-0.15, -0.1) is 0 Å². The highest BCUT2D eigenvalue weighted by Gasteiger charge is 2.21. The molecule has 0 aromatic heterocycles. The largest absolute Gasteiger partial charge is 0.380 e. The Kier molecular flexibility index (Phi) is 3.88. The number of rotatable bonds is 6. The maximum absolute atomic E-state index is 11.2. The monoisotopic (exact) mass is 212 g/mol. The number of anilines is 2. The first-order valence-corrected chi connectivity index (χ1v) is 5.34. The van der Waals surface area contributed by atoms with Crippen LogP contribution in [-0.4, -0.2) is 20.6 Å². The highest BCUT2D eigenvalue weighted by Crippen LogP contribution is 2.16. The minimum absolute atomic E-state index is 0. The molecule has 0 amide bonds. The van der Waals surface area contributed by atoms with Crippen molar-refractivity contribution in [1.29, 1.82) is 0 Å². The molecule has 0 bridgehead atoms. The highest BCUT2D eigenvalue weighted by molar-refractivity contribution is 5.74. The molecule has 15 heavy (non-hydrogen) atoms. The first-order chi connectivity index (χ1) is 7.09. The lowest BCUT2D eigenvalue weighted by Gasteiger charge is -2.19. The fourth-order valence-corrected chi connectivity index (χ4v) is 1.56. The highest BCUT2D eigenvalue weighted by atomic mass is 16.2. The zero-order valence-electron chi connectivity index (χ0n) is 9.59. The van der Waals surface area contributed by atoms with E-state index in [2.05, 4.69) is 12.2 Å². The van der Waals surface area contributed by atoms with Crippen molar-refractivity contribution < 1.29 is 1.43 Å². The normalized spacial score (nSPS) is 10.6. The number of unbranched alkanes of at least 4 members (excludes halogenated alkanes) is 2. The van der Waals surface area contributed by atoms with Crippen LogP contribution < -0.4 is 21.1 Å². The van der Waals surface area contributed by atoms with Crippen LogP contribution in [0.25, 0.3) is 0 Å². The fraction of sp³-hybridized carbons (Fsp3) is 0.636. The molecule has 0 atom stereocenters. The number of nitrogens with one attached hydrogen (secondary N) is 1.